The van der Waals surface area contributed by atoms with Crippen LogP contribution in [-0.4, -0.2) is 28.8 Å². The van der Waals surface area contributed by atoms with Gasteiger partial charge in [-0.25, -0.2) is 0 Å². The minimum absolute atomic E-state index is 0.000219. The lowest BCUT2D eigenvalue weighted by molar-refractivity contribution is -0.112. The minimum atomic E-state index is -0.226. The molecule has 5 nitrogen and oxygen atoms in total. The third-order valence-electron chi connectivity index (χ3n) is 5.05. The number of likely N-dealkylation sites (N-methyl/N-ethyl adjacent to an activating group) is 1. The van der Waals surface area contributed by atoms with Crippen LogP contribution in [0.15, 0.2) is 69.9 Å². The highest BCUT2D eigenvalue weighted by molar-refractivity contribution is 7.99. The van der Waals surface area contributed by atoms with Crippen molar-refractivity contribution < 1.29 is 9.21 Å². The number of benzene rings is 2. The van der Waals surface area contributed by atoms with E-state index in [1.54, 1.807) is 18.2 Å². The number of rotatable bonds is 5. The first-order valence-corrected chi connectivity index (χ1v) is 10.5. The number of fused-ring (bicyclic) bond motifs is 1. The van der Waals surface area contributed by atoms with Gasteiger partial charge < -0.3 is 9.32 Å². The fourth-order valence-corrected chi connectivity index (χ4v) is 4.37. The van der Waals surface area contributed by atoms with Gasteiger partial charge in [0.1, 0.15) is 0 Å². The first-order valence-electron chi connectivity index (χ1n) is 9.17. The van der Waals surface area contributed by atoms with E-state index >= 15 is 0 Å². The van der Waals surface area contributed by atoms with Gasteiger partial charge in [-0.05, 0) is 29.8 Å². The molecule has 0 saturated heterocycles. The van der Waals surface area contributed by atoms with E-state index < -0.39 is 0 Å². The van der Waals surface area contributed by atoms with E-state index in [0.717, 1.165) is 16.9 Å². The van der Waals surface area contributed by atoms with Gasteiger partial charge in [-0.2, -0.15) is 0 Å². The number of ketones is 1. The Kier molecular flexibility index (Phi) is 5.23. The van der Waals surface area contributed by atoms with Crippen molar-refractivity contribution in [2.24, 2.45) is 0 Å². The van der Waals surface area contributed by atoms with E-state index in [0.29, 0.717) is 16.1 Å². The molecular weight excluding hydrogens is 406 g/mol. The molecule has 0 amide bonds. The fourth-order valence-electron chi connectivity index (χ4n) is 3.59. The van der Waals surface area contributed by atoms with Crippen LogP contribution in [0.4, 0.5) is 5.69 Å². The standard InChI is InChI=1S/C22H20ClN3O2S/c1-22(2)17-9-4-5-10-18(17)26(3)19(22)12-16(27)13-29-21-25-24-20(28-21)14-7-6-8-15(23)11-14/h4-12H,13H2,1-3H3/b19-12-. The number of carbonyl (C=O) groups is 1. The van der Waals surface area contributed by atoms with Gasteiger partial charge in [-0.15, -0.1) is 10.2 Å². The van der Waals surface area contributed by atoms with Crippen molar-refractivity contribution in [3.05, 3.63) is 70.9 Å². The maximum atomic E-state index is 12.6. The average Bonchev–Trinajstić information content (AvgIpc) is 3.25. The Bertz CT molecular complexity index is 1110. The molecule has 0 radical (unpaired) electrons. The molecule has 3 aromatic rings. The molecule has 1 aliphatic rings. The second-order valence-corrected chi connectivity index (χ2v) is 8.73. The Hall–Kier alpha value is -2.57. The van der Waals surface area contributed by atoms with E-state index in [1.165, 1.54) is 17.3 Å². The van der Waals surface area contributed by atoms with Crippen LogP contribution in [0.3, 0.4) is 0 Å². The van der Waals surface area contributed by atoms with E-state index in [1.807, 2.05) is 31.3 Å². The Labute approximate surface area is 178 Å². The third-order valence-corrected chi connectivity index (χ3v) is 6.13. The molecule has 2 heterocycles. The maximum absolute atomic E-state index is 12.6. The SMILES string of the molecule is CN1/C(=C\C(=O)CSc2nnc(-c3cccc(Cl)c3)o2)C(C)(C)c2ccccc21. The summed E-state index contributed by atoms with van der Waals surface area (Å²) in [5, 5.41) is 9.02. The van der Waals surface area contributed by atoms with Crippen molar-refractivity contribution in [2.75, 3.05) is 17.7 Å². The van der Waals surface area contributed by atoms with Crippen molar-refractivity contribution in [3.8, 4) is 11.5 Å². The van der Waals surface area contributed by atoms with E-state index in [9.17, 15) is 4.79 Å². The molecule has 0 spiro atoms. The Balaban J connectivity index is 1.46. The van der Waals surface area contributed by atoms with Crippen LogP contribution in [0.5, 0.6) is 0 Å². The lowest BCUT2D eigenvalue weighted by Crippen LogP contribution is -2.24. The monoisotopic (exact) mass is 425 g/mol. The van der Waals surface area contributed by atoms with Gasteiger partial charge in [0, 0.05) is 40.5 Å². The molecule has 0 bridgehead atoms. The second-order valence-electron chi connectivity index (χ2n) is 7.37. The van der Waals surface area contributed by atoms with Crippen LogP contribution in [0.1, 0.15) is 19.4 Å². The molecule has 0 fully saturated rings. The normalized spacial score (nSPS) is 16.3. The molecule has 148 valence electrons. The summed E-state index contributed by atoms with van der Waals surface area (Å²) in [4.78, 5) is 14.7. The number of anilines is 1. The van der Waals surface area contributed by atoms with Gasteiger partial charge in [0.25, 0.3) is 5.22 Å². The smallest absolute Gasteiger partial charge is 0.277 e. The summed E-state index contributed by atoms with van der Waals surface area (Å²) in [6.45, 7) is 4.27. The number of thioether (sulfide) groups is 1. The molecule has 29 heavy (non-hydrogen) atoms. The number of halogens is 1. The van der Waals surface area contributed by atoms with Crippen LogP contribution in [0.2, 0.25) is 5.02 Å². The summed E-state index contributed by atoms with van der Waals surface area (Å²) in [5.41, 5.74) is 3.85. The molecular formula is C22H20ClN3O2S. The van der Waals surface area contributed by atoms with Gasteiger partial charge >= 0.3 is 0 Å². The number of nitrogens with zero attached hydrogens (tertiary/aromatic N) is 3. The molecule has 0 unspecified atom stereocenters. The first-order chi connectivity index (χ1) is 13.9. The highest BCUT2D eigenvalue weighted by Crippen LogP contribution is 2.46. The molecule has 2 aromatic carbocycles. The van der Waals surface area contributed by atoms with Crippen molar-refractivity contribution >= 4 is 34.8 Å². The average molecular weight is 426 g/mol. The molecule has 0 atom stereocenters. The van der Waals surface area contributed by atoms with Crippen molar-refractivity contribution in [1.82, 2.24) is 10.2 Å². The van der Waals surface area contributed by atoms with Crippen LogP contribution < -0.4 is 4.90 Å². The largest absolute Gasteiger partial charge is 0.411 e. The zero-order chi connectivity index (χ0) is 20.6. The van der Waals surface area contributed by atoms with Gasteiger partial charge in [0.2, 0.25) is 5.89 Å². The summed E-state index contributed by atoms with van der Waals surface area (Å²) in [5.74, 6) is 0.606. The summed E-state index contributed by atoms with van der Waals surface area (Å²) < 4.78 is 5.66. The third kappa shape index (κ3) is 3.82. The lowest BCUT2D eigenvalue weighted by atomic mass is 9.83. The van der Waals surface area contributed by atoms with E-state index in [4.69, 9.17) is 16.0 Å². The minimum Gasteiger partial charge on any atom is -0.411 e. The predicted molar refractivity (Wildman–Crippen MR) is 116 cm³/mol. The molecule has 7 heteroatoms. The highest BCUT2D eigenvalue weighted by Gasteiger charge is 2.38. The van der Waals surface area contributed by atoms with Crippen LogP contribution >= 0.6 is 23.4 Å². The molecule has 0 N–H and O–H groups in total. The lowest BCUT2D eigenvalue weighted by Gasteiger charge is -2.23. The molecule has 1 aromatic heterocycles. The highest BCUT2D eigenvalue weighted by atomic mass is 35.5. The summed E-state index contributed by atoms with van der Waals surface area (Å²) in [6.07, 6.45) is 1.72. The number of aromatic nitrogens is 2. The van der Waals surface area contributed by atoms with E-state index in [-0.39, 0.29) is 17.0 Å². The maximum Gasteiger partial charge on any atom is 0.277 e. The summed E-state index contributed by atoms with van der Waals surface area (Å²) in [6, 6.07) is 15.4. The fraction of sp³-hybridized carbons (Fsp3) is 0.227. The van der Waals surface area contributed by atoms with Gasteiger partial charge in [0.05, 0.1) is 5.75 Å². The van der Waals surface area contributed by atoms with Crippen molar-refractivity contribution in [3.63, 3.8) is 0 Å². The van der Waals surface area contributed by atoms with Crippen LogP contribution in [0, 0.1) is 0 Å². The summed E-state index contributed by atoms with van der Waals surface area (Å²) >= 11 is 7.23. The van der Waals surface area contributed by atoms with Crippen molar-refractivity contribution in [1.29, 1.82) is 0 Å². The van der Waals surface area contributed by atoms with Gasteiger partial charge in [0.15, 0.2) is 5.78 Å². The number of para-hydroxylation sites is 1. The van der Waals surface area contributed by atoms with Crippen molar-refractivity contribution in [2.45, 2.75) is 24.5 Å². The quantitative estimate of drug-likeness (QED) is 0.405. The van der Waals surface area contributed by atoms with Crippen LogP contribution in [0.25, 0.3) is 11.5 Å². The van der Waals surface area contributed by atoms with Crippen LogP contribution in [-0.2, 0) is 10.2 Å². The van der Waals surface area contributed by atoms with Gasteiger partial charge in [-0.1, -0.05) is 61.5 Å². The number of allylic oxidation sites excluding steroid dienone is 2. The summed E-state index contributed by atoms with van der Waals surface area (Å²) in [7, 11) is 2.00. The Morgan fingerprint density at radius 3 is 2.76 bits per heavy atom. The predicted octanol–water partition coefficient (Wildman–Crippen LogP) is 5.36. The number of carbonyl (C=O) groups excluding carboxylic acids is 1. The first kappa shape index (κ1) is 19.7. The second kappa shape index (κ2) is 7.69. The zero-order valence-electron chi connectivity index (χ0n) is 16.3. The number of hydrogen-bond donors (Lipinski definition) is 0. The Morgan fingerprint density at radius 1 is 1.21 bits per heavy atom. The zero-order valence-corrected chi connectivity index (χ0v) is 17.9. The topological polar surface area (TPSA) is 59.2 Å². The molecule has 1 aliphatic heterocycles. The van der Waals surface area contributed by atoms with E-state index in [2.05, 4.69) is 41.1 Å². The van der Waals surface area contributed by atoms with Gasteiger partial charge in [-0.3, -0.25) is 4.79 Å². The number of hydrogen-bond acceptors (Lipinski definition) is 6. The molecule has 0 aliphatic carbocycles. The Morgan fingerprint density at radius 2 is 2.00 bits per heavy atom. The molecule has 4 rings (SSSR count). The molecule has 0 saturated carbocycles.